The number of sulfone groups is 1. The summed E-state index contributed by atoms with van der Waals surface area (Å²) in [5, 5.41) is 0. The van der Waals surface area contributed by atoms with E-state index < -0.39 is 9.84 Å². The highest BCUT2D eigenvalue weighted by atomic mass is 32.2. The summed E-state index contributed by atoms with van der Waals surface area (Å²) in [4.78, 5) is 0.259. The second-order valence-corrected chi connectivity index (χ2v) is 8.58. The van der Waals surface area contributed by atoms with Crippen molar-refractivity contribution in [1.29, 1.82) is 0 Å². The van der Waals surface area contributed by atoms with Gasteiger partial charge < -0.3 is 9.47 Å². The number of hydrogen-bond acceptors (Lipinski definition) is 4. The molecule has 29 heavy (non-hydrogen) atoms. The molecule has 0 fully saturated rings. The molecule has 0 heterocycles. The molecular formula is C24H36O4S. The highest BCUT2D eigenvalue weighted by Gasteiger charge is 2.17. The minimum absolute atomic E-state index is 0.0187. The van der Waals surface area contributed by atoms with Crippen molar-refractivity contribution in [2.75, 3.05) is 7.11 Å². The first-order valence-corrected chi connectivity index (χ1v) is 11.2. The smallest absolute Gasteiger partial charge is 0.205 e. The zero-order valence-corrected chi connectivity index (χ0v) is 19.6. The summed E-state index contributed by atoms with van der Waals surface area (Å²) in [6, 6.07) is 0. The summed E-state index contributed by atoms with van der Waals surface area (Å²) in [5.41, 5.74) is 1.16. The third-order valence-corrected chi connectivity index (χ3v) is 6.04. The minimum atomic E-state index is -3.64. The molecule has 0 bridgehead atoms. The van der Waals surface area contributed by atoms with Gasteiger partial charge in [0.1, 0.15) is 11.9 Å². The average molecular weight is 421 g/mol. The Morgan fingerprint density at radius 3 is 2.10 bits per heavy atom. The van der Waals surface area contributed by atoms with Crippen LogP contribution in [0.3, 0.4) is 0 Å². The van der Waals surface area contributed by atoms with E-state index in [0.29, 0.717) is 12.2 Å². The quantitative estimate of drug-likeness (QED) is 0.215. The van der Waals surface area contributed by atoms with Crippen LogP contribution in [-0.4, -0.2) is 27.7 Å². The zero-order valence-electron chi connectivity index (χ0n) is 18.8. The van der Waals surface area contributed by atoms with Gasteiger partial charge in [-0.3, -0.25) is 0 Å². The second-order valence-electron chi connectivity index (χ2n) is 6.58. The van der Waals surface area contributed by atoms with Crippen LogP contribution in [0.1, 0.15) is 48.0 Å². The van der Waals surface area contributed by atoms with Gasteiger partial charge in [-0.2, -0.15) is 0 Å². The molecule has 0 aliphatic carbocycles. The first kappa shape index (κ1) is 26.9. The topological polar surface area (TPSA) is 52.6 Å². The Morgan fingerprint density at radius 1 is 0.966 bits per heavy atom. The van der Waals surface area contributed by atoms with Gasteiger partial charge >= 0.3 is 0 Å². The third-order valence-electron chi connectivity index (χ3n) is 4.22. The van der Waals surface area contributed by atoms with Crippen molar-refractivity contribution in [3.63, 3.8) is 0 Å². The van der Waals surface area contributed by atoms with Gasteiger partial charge in [-0.05, 0) is 78.3 Å². The number of methoxy groups -OCH3 is 1. The van der Waals surface area contributed by atoms with Gasteiger partial charge in [0.05, 0.1) is 15.9 Å². The highest BCUT2D eigenvalue weighted by molar-refractivity contribution is 7.99. The lowest BCUT2D eigenvalue weighted by Crippen LogP contribution is -2.07. The molecule has 4 nitrogen and oxygen atoms in total. The molecule has 0 rings (SSSR count). The van der Waals surface area contributed by atoms with Gasteiger partial charge in [0.15, 0.2) is 0 Å². The van der Waals surface area contributed by atoms with Crippen molar-refractivity contribution in [2.24, 2.45) is 0 Å². The second kappa shape index (κ2) is 14.0. The molecule has 0 aliphatic heterocycles. The van der Waals surface area contributed by atoms with Crippen molar-refractivity contribution in [1.82, 2.24) is 0 Å². The standard InChI is InChI=1S/C24H36O4S/c1-9-19(4)13-12-14-22(7)29(25,26)24(11-3)18-16-21(6)28-23(10-2)17-15-20(5)27-8/h9-12,14-18,20-21H,7,13H2,1-6,8H3/b14-12-,17-15-,18-16-,19-9-,23-10+,24-11+. The van der Waals surface area contributed by atoms with Crippen LogP contribution in [0.2, 0.25) is 0 Å². The van der Waals surface area contributed by atoms with Gasteiger partial charge in [-0.15, -0.1) is 0 Å². The summed E-state index contributed by atoms with van der Waals surface area (Å²) >= 11 is 0. The van der Waals surface area contributed by atoms with Crippen molar-refractivity contribution in [3.05, 3.63) is 82.4 Å². The number of allylic oxidation sites excluding steroid dienone is 8. The zero-order chi connectivity index (χ0) is 22.4. The monoisotopic (exact) mass is 420 g/mol. The molecule has 5 heteroatoms. The van der Waals surface area contributed by atoms with Crippen LogP contribution >= 0.6 is 0 Å². The molecule has 0 aliphatic rings. The Kier molecular flexibility index (Phi) is 12.9. The molecular weight excluding hydrogens is 384 g/mol. The van der Waals surface area contributed by atoms with Crippen molar-refractivity contribution < 1.29 is 17.9 Å². The predicted molar refractivity (Wildman–Crippen MR) is 124 cm³/mol. The fraction of sp³-hybridized carbons (Fsp3) is 0.417. The summed E-state index contributed by atoms with van der Waals surface area (Å²) < 4.78 is 36.5. The fourth-order valence-corrected chi connectivity index (χ4v) is 3.22. The predicted octanol–water partition coefficient (Wildman–Crippen LogP) is 6.19. The Bertz CT molecular complexity index is 806. The lowest BCUT2D eigenvalue weighted by Gasteiger charge is -2.13. The normalized spacial score (nSPS) is 16.7. The van der Waals surface area contributed by atoms with Crippen LogP contribution in [0.25, 0.3) is 0 Å². The van der Waals surface area contributed by atoms with E-state index in [1.165, 1.54) is 0 Å². The van der Waals surface area contributed by atoms with E-state index in [9.17, 15) is 8.42 Å². The van der Waals surface area contributed by atoms with E-state index in [4.69, 9.17) is 9.47 Å². The SMILES string of the molecule is C=C(/C=C\C/C(C)=C\C)S(=O)(=O)C(/C=C\C(C)OC(/C=C\C(C)OC)=C/C)=C/C. The van der Waals surface area contributed by atoms with Crippen LogP contribution in [0, 0.1) is 0 Å². The Hall–Kier alpha value is -2.11. The van der Waals surface area contributed by atoms with Gasteiger partial charge in [0.2, 0.25) is 9.84 Å². The average Bonchev–Trinajstić information content (AvgIpc) is 2.70. The Morgan fingerprint density at radius 2 is 1.59 bits per heavy atom. The number of ether oxygens (including phenoxy) is 2. The van der Waals surface area contributed by atoms with Crippen LogP contribution in [0.4, 0.5) is 0 Å². The summed E-state index contributed by atoms with van der Waals surface area (Å²) in [6.07, 6.45) is 16.1. The maximum absolute atomic E-state index is 12.7. The van der Waals surface area contributed by atoms with Gasteiger partial charge in [-0.1, -0.05) is 36.5 Å². The molecule has 0 aromatic heterocycles. The highest BCUT2D eigenvalue weighted by Crippen LogP contribution is 2.20. The molecule has 0 saturated carbocycles. The lowest BCUT2D eigenvalue weighted by atomic mass is 10.2. The van der Waals surface area contributed by atoms with E-state index in [-0.39, 0.29) is 22.0 Å². The van der Waals surface area contributed by atoms with Crippen LogP contribution in [0.5, 0.6) is 0 Å². The van der Waals surface area contributed by atoms with Gasteiger partial charge in [-0.25, -0.2) is 8.42 Å². The molecule has 0 radical (unpaired) electrons. The summed E-state index contributed by atoms with van der Waals surface area (Å²) in [7, 11) is -2.00. The van der Waals surface area contributed by atoms with E-state index in [2.05, 4.69) is 6.58 Å². The molecule has 0 saturated heterocycles. The van der Waals surface area contributed by atoms with Crippen LogP contribution in [0.15, 0.2) is 82.4 Å². The first-order chi connectivity index (χ1) is 13.6. The molecule has 0 amide bonds. The Balaban J connectivity index is 5.18. The minimum Gasteiger partial charge on any atom is -0.487 e. The van der Waals surface area contributed by atoms with Crippen LogP contribution in [-0.2, 0) is 19.3 Å². The van der Waals surface area contributed by atoms with E-state index >= 15 is 0 Å². The fourth-order valence-electron chi connectivity index (χ4n) is 2.07. The first-order valence-electron chi connectivity index (χ1n) is 9.73. The van der Waals surface area contributed by atoms with Gasteiger partial charge in [0.25, 0.3) is 0 Å². The molecule has 0 aromatic carbocycles. The van der Waals surface area contributed by atoms with Crippen LogP contribution < -0.4 is 0 Å². The number of hydrogen-bond donors (Lipinski definition) is 0. The molecule has 0 spiro atoms. The third kappa shape index (κ3) is 10.3. The number of rotatable bonds is 12. The maximum atomic E-state index is 12.7. The van der Waals surface area contributed by atoms with Crippen molar-refractivity contribution in [2.45, 2.75) is 60.2 Å². The maximum Gasteiger partial charge on any atom is 0.205 e. The Labute approximate surface area is 177 Å². The largest absolute Gasteiger partial charge is 0.487 e. The molecule has 0 N–H and O–H groups in total. The lowest BCUT2D eigenvalue weighted by molar-refractivity contribution is 0.154. The summed E-state index contributed by atoms with van der Waals surface area (Å²) in [5.74, 6) is 0.683. The van der Waals surface area contributed by atoms with Crippen molar-refractivity contribution >= 4 is 9.84 Å². The van der Waals surface area contributed by atoms with E-state index in [1.807, 2.05) is 65.0 Å². The molecule has 2 atom stereocenters. The molecule has 0 aromatic rings. The summed E-state index contributed by atoms with van der Waals surface area (Å²) in [6.45, 7) is 15.0. The molecule has 2 unspecified atom stereocenters. The van der Waals surface area contributed by atoms with E-state index in [1.54, 1.807) is 38.3 Å². The van der Waals surface area contributed by atoms with E-state index in [0.717, 1.165) is 5.57 Å². The van der Waals surface area contributed by atoms with Crippen molar-refractivity contribution in [3.8, 4) is 0 Å². The molecule has 162 valence electrons. The van der Waals surface area contributed by atoms with Gasteiger partial charge in [0, 0.05) is 7.11 Å².